The van der Waals surface area contributed by atoms with E-state index in [1.54, 1.807) is 6.07 Å². The Labute approximate surface area is 108 Å². The van der Waals surface area contributed by atoms with Gasteiger partial charge in [0.1, 0.15) is 6.33 Å². The Morgan fingerprint density at radius 3 is 2.11 bits per heavy atom. The Morgan fingerprint density at radius 1 is 1.00 bits per heavy atom. The predicted octanol–water partition coefficient (Wildman–Crippen LogP) is 3.79. The van der Waals surface area contributed by atoms with Gasteiger partial charge in [-0.05, 0) is 29.2 Å². The first-order valence-corrected chi connectivity index (χ1v) is 5.76. The van der Waals surface area contributed by atoms with Crippen molar-refractivity contribution in [3.05, 3.63) is 35.7 Å². The fourth-order valence-corrected chi connectivity index (χ4v) is 1.71. The Hall–Kier alpha value is -1.85. The molecule has 6 heteroatoms. The number of aromatic amines is 1. The minimum absolute atomic E-state index is 0.330. The van der Waals surface area contributed by atoms with Crippen LogP contribution in [0.4, 0.5) is 13.2 Å². The molecule has 1 heterocycles. The zero-order chi connectivity index (χ0) is 14.3. The van der Waals surface area contributed by atoms with Gasteiger partial charge in [-0.15, -0.1) is 0 Å². The van der Waals surface area contributed by atoms with Crippen molar-refractivity contribution in [2.75, 3.05) is 0 Å². The number of hydrogen-bond donors (Lipinski definition) is 1. The minimum Gasteiger partial charge on any atom is -0.259 e. The maximum Gasteiger partial charge on any atom is 0.416 e. The standard InChI is InChI=1S/C13H14F3N3/c1-12(2,3)9-4-8(11-17-7-18-19-11)5-10(6-9)13(14,15)16/h4-7H,1-3H3,(H,17,18,19). The Bertz CT molecular complexity index is 534. The van der Waals surface area contributed by atoms with Gasteiger partial charge in [-0.2, -0.15) is 18.3 Å². The Balaban J connectivity index is 2.62. The third-order valence-corrected chi connectivity index (χ3v) is 2.81. The second-order valence-electron chi connectivity index (χ2n) is 5.38. The maximum atomic E-state index is 12.9. The van der Waals surface area contributed by atoms with Gasteiger partial charge in [0.25, 0.3) is 0 Å². The molecule has 1 aromatic carbocycles. The van der Waals surface area contributed by atoms with Crippen molar-refractivity contribution >= 4 is 0 Å². The number of aromatic nitrogens is 3. The van der Waals surface area contributed by atoms with Gasteiger partial charge >= 0.3 is 6.18 Å². The van der Waals surface area contributed by atoms with Gasteiger partial charge in [-0.3, -0.25) is 5.10 Å². The minimum atomic E-state index is -4.38. The van der Waals surface area contributed by atoms with Crippen LogP contribution in [0.25, 0.3) is 11.4 Å². The topological polar surface area (TPSA) is 41.6 Å². The molecular formula is C13H14F3N3. The highest BCUT2D eigenvalue weighted by atomic mass is 19.4. The average molecular weight is 269 g/mol. The number of nitrogens with one attached hydrogen (secondary N) is 1. The normalized spacial score (nSPS) is 12.7. The fourth-order valence-electron chi connectivity index (χ4n) is 1.71. The SMILES string of the molecule is CC(C)(C)c1cc(-c2ncn[nH]2)cc(C(F)(F)F)c1. The second kappa shape index (κ2) is 4.36. The molecule has 1 aromatic heterocycles. The summed E-state index contributed by atoms with van der Waals surface area (Å²) in [6, 6.07) is 3.96. The van der Waals surface area contributed by atoms with Crippen molar-refractivity contribution in [2.45, 2.75) is 32.4 Å². The monoisotopic (exact) mass is 269 g/mol. The van der Waals surface area contributed by atoms with Crippen LogP contribution in [0.5, 0.6) is 0 Å². The van der Waals surface area contributed by atoms with E-state index in [9.17, 15) is 13.2 Å². The number of nitrogens with zero attached hydrogens (tertiary/aromatic N) is 2. The van der Waals surface area contributed by atoms with E-state index in [1.807, 2.05) is 20.8 Å². The molecule has 0 aliphatic heterocycles. The molecule has 0 saturated heterocycles. The smallest absolute Gasteiger partial charge is 0.259 e. The molecule has 0 fully saturated rings. The lowest BCUT2D eigenvalue weighted by Gasteiger charge is -2.21. The molecule has 0 aliphatic carbocycles. The Kier molecular flexibility index (Phi) is 3.12. The molecule has 0 amide bonds. The molecule has 3 nitrogen and oxygen atoms in total. The first kappa shape index (κ1) is 13.6. The number of hydrogen-bond acceptors (Lipinski definition) is 2. The third-order valence-electron chi connectivity index (χ3n) is 2.81. The molecule has 102 valence electrons. The number of halogens is 3. The van der Waals surface area contributed by atoms with E-state index in [0.717, 1.165) is 6.07 Å². The molecule has 0 bridgehead atoms. The van der Waals surface area contributed by atoms with Crippen LogP contribution in [0.2, 0.25) is 0 Å². The van der Waals surface area contributed by atoms with Crippen LogP contribution >= 0.6 is 0 Å². The summed E-state index contributed by atoms with van der Waals surface area (Å²) < 4.78 is 38.8. The van der Waals surface area contributed by atoms with Crippen LogP contribution in [-0.2, 0) is 11.6 Å². The first-order chi connectivity index (χ1) is 8.68. The quantitative estimate of drug-likeness (QED) is 0.855. The molecular weight excluding hydrogens is 255 g/mol. The summed E-state index contributed by atoms with van der Waals surface area (Å²) in [5.74, 6) is 0.330. The van der Waals surface area contributed by atoms with Crippen molar-refractivity contribution in [2.24, 2.45) is 0 Å². The zero-order valence-corrected chi connectivity index (χ0v) is 10.8. The molecule has 0 aliphatic rings. The number of rotatable bonds is 1. The van der Waals surface area contributed by atoms with E-state index in [2.05, 4.69) is 15.2 Å². The van der Waals surface area contributed by atoms with Crippen molar-refractivity contribution in [3.63, 3.8) is 0 Å². The highest BCUT2D eigenvalue weighted by Gasteiger charge is 2.32. The van der Waals surface area contributed by atoms with E-state index in [-0.39, 0.29) is 5.41 Å². The van der Waals surface area contributed by atoms with Crippen LogP contribution in [-0.4, -0.2) is 15.2 Å². The van der Waals surface area contributed by atoms with Crippen molar-refractivity contribution in [1.82, 2.24) is 15.2 Å². The molecule has 19 heavy (non-hydrogen) atoms. The van der Waals surface area contributed by atoms with E-state index in [4.69, 9.17) is 0 Å². The van der Waals surface area contributed by atoms with Gasteiger partial charge < -0.3 is 0 Å². The molecule has 0 radical (unpaired) electrons. The summed E-state index contributed by atoms with van der Waals surface area (Å²) in [5.41, 5.74) is -0.0620. The van der Waals surface area contributed by atoms with Gasteiger partial charge in [0.15, 0.2) is 5.82 Å². The second-order valence-corrected chi connectivity index (χ2v) is 5.38. The van der Waals surface area contributed by atoms with E-state index < -0.39 is 11.7 Å². The summed E-state index contributed by atoms with van der Waals surface area (Å²) in [6.07, 6.45) is -3.11. The molecule has 0 saturated carbocycles. The molecule has 2 rings (SSSR count). The molecule has 1 N–H and O–H groups in total. The van der Waals surface area contributed by atoms with Crippen molar-refractivity contribution < 1.29 is 13.2 Å². The van der Waals surface area contributed by atoms with Crippen LogP contribution in [0.1, 0.15) is 31.9 Å². The lowest BCUT2D eigenvalue weighted by Crippen LogP contribution is -2.14. The van der Waals surface area contributed by atoms with Crippen LogP contribution < -0.4 is 0 Å². The van der Waals surface area contributed by atoms with Gasteiger partial charge in [0, 0.05) is 5.56 Å². The highest BCUT2D eigenvalue weighted by molar-refractivity contribution is 5.58. The maximum absolute atomic E-state index is 12.9. The lowest BCUT2D eigenvalue weighted by atomic mass is 9.85. The van der Waals surface area contributed by atoms with E-state index >= 15 is 0 Å². The summed E-state index contributed by atoms with van der Waals surface area (Å²) >= 11 is 0. The molecule has 0 unspecified atom stereocenters. The largest absolute Gasteiger partial charge is 0.416 e. The summed E-state index contributed by atoms with van der Waals surface area (Å²) in [6.45, 7) is 5.60. The van der Waals surface area contributed by atoms with Crippen LogP contribution in [0, 0.1) is 0 Å². The van der Waals surface area contributed by atoms with E-state index in [0.29, 0.717) is 17.0 Å². The van der Waals surface area contributed by atoms with Crippen molar-refractivity contribution in [3.8, 4) is 11.4 Å². The Morgan fingerprint density at radius 2 is 1.63 bits per heavy atom. The van der Waals surface area contributed by atoms with Crippen LogP contribution in [0.3, 0.4) is 0 Å². The van der Waals surface area contributed by atoms with Gasteiger partial charge in [-0.1, -0.05) is 20.8 Å². The van der Waals surface area contributed by atoms with E-state index in [1.165, 1.54) is 12.4 Å². The molecule has 0 spiro atoms. The fraction of sp³-hybridized carbons (Fsp3) is 0.385. The summed E-state index contributed by atoms with van der Waals surface area (Å²) in [4.78, 5) is 3.90. The number of benzene rings is 1. The third kappa shape index (κ3) is 2.94. The number of alkyl halides is 3. The summed E-state index contributed by atoms with van der Waals surface area (Å²) in [7, 11) is 0. The lowest BCUT2D eigenvalue weighted by molar-refractivity contribution is -0.137. The summed E-state index contributed by atoms with van der Waals surface area (Å²) in [5, 5.41) is 6.25. The van der Waals surface area contributed by atoms with Gasteiger partial charge in [0.05, 0.1) is 5.56 Å². The highest BCUT2D eigenvalue weighted by Crippen LogP contribution is 2.35. The van der Waals surface area contributed by atoms with Crippen molar-refractivity contribution in [1.29, 1.82) is 0 Å². The number of H-pyrrole nitrogens is 1. The van der Waals surface area contributed by atoms with Gasteiger partial charge in [-0.25, -0.2) is 4.98 Å². The first-order valence-electron chi connectivity index (χ1n) is 5.76. The zero-order valence-electron chi connectivity index (χ0n) is 10.8. The molecule has 0 atom stereocenters. The van der Waals surface area contributed by atoms with Gasteiger partial charge in [0.2, 0.25) is 0 Å². The average Bonchev–Trinajstić information content (AvgIpc) is 2.79. The predicted molar refractivity (Wildman–Crippen MR) is 65.5 cm³/mol. The van der Waals surface area contributed by atoms with Crippen LogP contribution in [0.15, 0.2) is 24.5 Å². The molecule has 2 aromatic rings.